The standard InChI is InChI=1S/C23H16ClN3O8S/c1-32-13-4-6-15(17(10-13)27(30)31)19-8-5-14(34-19)11-20(22(28)29)36-23-26-25-21(35-23)16-9-12(24)3-7-18(16)33-2/h3-11H,1-2H3,(H,28,29)/b20-11-. The number of aromatic nitrogens is 2. The smallest absolute Gasteiger partial charge is 0.342 e. The minimum Gasteiger partial charge on any atom is -0.497 e. The molecule has 13 heteroatoms. The summed E-state index contributed by atoms with van der Waals surface area (Å²) in [6, 6.07) is 12.2. The molecule has 4 rings (SSSR count). The second-order valence-corrected chi connectivity index (χ2v) is 8.41. The highest BCUT2D eigenvalue weighted by Gasteiger charge is 2.21. The Morgan fingerprint density at radius 3 is 2.58 bits per heavy atom. The van der Waals surface area contributed by atoms with E-state index in [-0.39, 0.29) is 38.8 Å². The number of rotatable bonds is 9. The molecular weight excluding hydrogens is 514 g/mol. The van der Waals surface area contributed by atoms with Gasteiger partial charge in [0.15, 0.2) is 0 Å². The molecule has 0 unspecified atom stereocenters. The third-order valence-electron chi connectivity index (χ3n) is 4.77. The van der Waals surface area contributed by atoms with Gasteiger partial charge in [-0.2, -0.15) is 0 Å². The van der Waals surface area contributed by atoms with Gasteiger partial charge in [-0.25, -0.2) is 4.79 Å². The van der Waals surface area contributed by atoms with Crippen LogP contribution in [-0.2, 0) is 4.79 Å². The molecule has 0 bridgehead atoms. The van der Waals surface area contributed by atoms with Crippen LogP contribution in [0.15, 0.2) is 67.5 Å². The normalized spacial score (nSPS) is 11.4. The predicted molar refractivity (Wildman–Crippen MR) is 130 cm³/mol. The molecule has 0 aliphatic carbocycles. The number of nitrogens with zero attached hydrogens (tertiary/aromatic N) is 3. The minimum atomic E-state index is -1.27. The van der Waals surface area contributed by atoms with Gasteiger partial charge in [0.05, 0.1) is 36.3 Å². The van der Waals surface area contributed by atoms with E-state index in [0.717, 1.165) is 0 Å². The van der Waals surface area contributed by atoms with Gasteiger partial charge in [-0.15, -0.1) is 10.2 Å². The summed E-state index contributed by atoms with van der Waals surface area (Å²) < 4.78 is 21.6. The van der Waals surface area contributed by atoms with Gasteiger partial charge in [0, 0.05) is 11.1 Å². The number of nitro benzene ring substituents is 1. The van der Waals surface area contributed by atoms with E-state index in [1.807, 2.05) is 0 Å². The molecule has 0 aliphatic rings. The number of benzene rings is 2. The highest BCUT2D eigenvalue weighted by atomic mass is 35.5. The van der Waals surface area contributed by atoms with Crippen LogP contribution >= 0.6 is 23.4 Å². The van der Waals surface area contributed by atoms with E-state index in [2.05, 4.69) is 10.2 Å². The Balaban J connectivity index is 1.61. The number of carboxylic acid groups (broad SMARTS) is 1. The summed E-state index contributed by atoms with van der Waals surface area (Å²) >= 11 is 6.75. The first-order valence-corrected chi connectivity index (χ1v) is 11.2. The molecule has 2 aromatic heterocycles. The Kier molecular flexibility index (Phi) is 7.27. The van der Waals surface area contributed by atoms with Crippen LogP contribution in [0.5, 0.6) is 11.5 Å². The van der Waals surface area contributed by atoms with E-state index in [9.17, 15) is 20.0 Å². The van der Waals surface area contributed by atoms with Crippen LogP contribution in [0.3, 0.4) is 0 Å². The van der Waals surface area contributed by atoms with Crippen molar-refractivity contribution in [3.63, 3.8) is 0 Å². The SMILES string of the molecule is COc1ccc(-c2ccc(/C=C(\Sc3nnc(-c4cc(Cl)ccc4OC)o3)C(=O)O)o2)c([N+](=O)[O-])c1. The molecular formula is C23H16ClN3O8S. The third kappa shape index (κ3) is 5.34. The fraction of sp³-hybridized carbons (Fsp3) is 0.0870. The first-order valence-electron chi connectivity index (χ1n) is 10.0. The Labute approximate surface area is 212 Å². The van der Waals surface area contributed by atoms with Crippen molar-refractivity contribution >= 4 is 41.1 Å². The first kappa shape index (κ1) is 24.8. The molecule has 0 saturated carbocycles. The molecule has 1 N–H and O–H groups in total. The number of ether oxygens (including phenoxy) is 2. The Hall–Kier alpha value is -4.29. The maximum atomic E-state index is 11.9. The van der Waals surface area contributed by atoms with Crippen molar-refractivity contribution < 1.29 is 33.1 Å². The Morgan fingerprint density at radius 1 is 1.08 bits per heavy atom. The van der Waals surface area contributed by atoms with Crippen LogP contribution in [0.2, 0.25) is 5.02 Å². The van der Waals surface area contributed by atoms with Gasteiger partial charge in [-0.1, -0.05) is 11.6 Å². The number of carbonyl (C=O) groups is 1. The maximum absolute atomic E-state index is 11.9. The van der Waals surface area contributed by atoms with Crippen molar-refractivity contribution in [1.82, 2.24) is 10.2 Å². The fourth-order valence-electron chi connectivity index (χ4n) is 3.14. The summed E-state index contributed by atoms with van der Waals surface area (Å²) in [5.41, 5.74) is 0.436. The van der Waals surface area contributed by atoms with Crippen molar-refractivity contribution in [1.29, 1.82) is 0 Å². The van der Waals surface area contributed by atoms with Gasteiger partial charge < -0.3 is 23.4 Å². The zero-order valence-electron chi connectivity index (χ0n) is 18.6. The van der Waals surface area contributed by atoms with Crippen LogP contribution in [-0.4, -0.2) is 40.4 Å². The van der Waals surface area contributed by atoms with Gasteiger partial charge >= 0.3 is 5.97 Å². The van der Waals surface area contributed by atoms with Gasteiger partial charge in [-0.3, -0.25) is 10.1 Å². The predicted octanol–water partition coefficient (Wildman–Crippen LogP) is 5.79. The van der Waals surface area contributed by atoms with Gasteiger partial charge in [-0.05, 0) is 54.2 Å². The van der Waals surface area contributed by atoms with Crippen molar-refractivity contribution in [2.75, 3.05) is 14.2 Å². The molecule has 0 fully saturated rings. The monoisotopic (exact) mass is 529 g/mol. The van der Waals surface area contributed by atoms with E-state index >= 15 is 0 Å². The highest BCUT2D eigenvalue weighted by molar-refractivity contribution is 8.03. The zero-order valence-corrected chi connectivity index (χ0v) is 20.2. The minimum absolute atomic E-state index is 0.0433. The summed E-state index contributed by atoms with van der Waals surface area (Å²) in [4.78, 5) is 22.6. The van der Waals surface area contributed by atoms with E-state index in [0.29, 0.717) is 33.8 Å². The van der Waals surface area contributed by atoms with Crippen LogP contribution < -0.4 is 9.47 Å². The van der Waals surface area contributed by atoms with Gasteiger partial charge in [0.2, 0.25) is 0 Å². The van der Waals surface area contributed by atoms with E-state index < -0.39 is 10.9 Å². The van der Waals surface area contributed by atoms with Crippen molar-refractivity contribution in [2.24, 2.45) is 0 Å². The third-order valence-corrected chi connectivity index (χ3v) is 5.86. The molecule has 184 valence electrons. The maximum Gasteiger partial charge on any atom is 0.342 e. The number of carboxylic acids is 1. The van der Waals surface area contributed by atoms with Crippen LogP contribution in [0.25, 0.3) is 28.9 Å². The van der Waals surface area contributed by atoms with Crippen LogP contribution in [0.1, 0.15) is 5.76 Å². The number of methoxy groups -OCH3 is 2. The first-order chi connectivity index (χ1) is 17.3. The van der Waals surface area contributed by atoms with Gasteiger partial charge in [0.1, 0.15) is 27.9 Å². The zero-order chi connectivity index (χ0) is 25.8. The fourth-order valence-corrected chi connectivity index (χ4v) is 3.96. The second kappa shape index (κ2) is 10.5. The largest absolute Gasteiger partial charge is 0.497 e. The van der Waals surface area contributed by atoms with Crippen molar-refractivity contribution in [3.8, 4) is 34.3 Å². The highest BCUT2D eigenvalue weighted by Crippen LogP contribution is 2.37. The van der Waals surface area contributed by atoms with Crippen molar-refractivity contribution in [3.05, 3.63) is 74.3 Å². The quantitative estimate of drug-likeness (QED) is 0.121. The number of furan rings is 1. The summed E-state index contributed by atoms with van der Waals surface area (Å²) in [6.07, 6.45) is 1.25. The molecule has 0 atom stereocenters. The molecule has 0 aliphatic heterocycles. The molecule has 0 spiro atoms. The molecule has 4 aromatic rings. The van der Waals surface area contributed by atoms with Gasteiger partial charge in [0.25, 0.3) is 16.8 Å². The molecule has 0 amide bonds. The topological polar surface area (TPSA) is 151 Å². The number of hydrogen-bond acceptors (Lipinski definition) is 10. The number of hydrogen-bond donors (Lipinski definition) is 1. The summed E-state index contributed by atoms with van der Waals surface area (Å²) in [5, 5.41) is 29.4. The Bertz CT molecular complexity index is 1480. The average molecular weight is 530 g/mol. The lowest BCUT2D eigenvalue weighted by Crippen LogP contribution is -1.96. The van der Waals surface area contributed by atoms with Crippen LogP contribution in [0, 0.1) is 10.1 Å². The second-order valence-electron chi connectivity index (χ2n) is 6.98. The summed E-state index contributed by atoms with van der Waals surface area (Å²) in [6.45, 7) is 0. The van der Waals surface area contributed by atoms with E-state index in [1.54, 1.807) is 24.3 Å². The van der Waals surface area contributed by atoms with Crippen LogP contribution in [0.4, 0.5) is 5.69 Å². The van der Waals surface area contributed by atoms with E-state index in [4.69, 9.17) is 29.9 Å². The number of nitro groups is 1. The van der Waals surface area contributed by atoms with Crippen molar-refractivity contribution in [2.45, 2.75) is 5.22 Å². The number of thioether (sulfide) groups is 1. The molecule has 2 aromatic carbocycles. The lowest BCUT2D eigenvalue weighted by Gasteiger charge is -2.04. The Morgan fingerprint density at radius 2 is 1.89 bits per heavy atom. The summed E-state index contributed by atoms with van der Waals surface area (Å²) in [5.74, 6) is -0.0859. The van der Waals surface area contributed by atoms with E-state index in [1.165, 1.54) is 44.6 Å². The lowest BCUT2D eigenvalue weighted by molar-refractivity contribution is -0.384. The molecule has 2 heterocycles. The molecule has 0 radical (unpaired) electrons. The average Bonchev–Trinajstić information content (AvgIpc) is 3.53. The molecule has 11 nitrogen and oxygen atoms in total. The summed E-state index contributed by atoms with van der Waals surface area (Å²) in [7, 11) is 2.87. The lowest BCUT2D eigenvalue weighted by atomic mass is 10.1. The molecule has 0 saturated heterocycles. The number of halogens is 1. The number of aliphatic carboxylic acids is 1. The molecule has 36 heavy (non-hydrogen) atoms.